The Morgan fingerprint density at radius 1 is 0.941 bits per heavy atom. The first kappa shape index (κ1) is 13.1. The molecule has 0 heterocycles. The fourth-order valence-corrected chi connectivity index (χ4v) is 3.87. The van der Waals surface area contributed by atoms with E-state index in [-0.39, 0.29) is 0 Å². The van der Waals surface area contributed by atoms with Gasteiger partial charge in [-0.25, -0.2) is 0 Å². The zero-order valence-corrected chi connectivity index (χ0v) is 11.6. The van der Waals surface area contributed by atoms with Crippen molar-refractivity contribution < 1.29 is 4.79 Å². The third-order valence-electron chi connectivity index (χ3n) is 4.82. The van der Waals surface area contributed by atoms with Gasteiger partial charge < -0.3 is 4.90 Å². The second-order valence-electron chi connectivity index (χ2n) is 6.51. The fraction of sp³-hybridized carbons (Fsp3) is 0.933. The van der Waals surface area contributed by atoms with E-state index in [0.717, 1.165) is 43.6 Å². The lowest BCUT2D eigenvalue weighted by Gasteiger charge is -2.42. The summed E-state index contributed by atoms with van der Waals surface area (Å²) >= 11 is 0. The highest BCUT2D eigenvalue weighted by atomic mass is 16.1. The van der Waals surface area contributed by atoms with Crippen molar-refractivity contribution in [3.8, 4) is 0 Å². The molecule has 2 atom stereocenters. The van der Waals surface area contributed by atoms with Gasteiger partial charge in [-0.1, -0.05) is 13.8 Å². The molecule has 2 unspecified atom stereocenters. The Bertz CT molecular complexity index is 256. The lowest BCUT2D eigenvalue weighted by molar-refractivity contribution is -0.121. The monoisotopic (exact) mass is 237 g/mol. The van der Waals surface area contributed by atoms with Gasteiger partial charge in [0, 0.05) is 24.9 Å². The third kappa shape index (κ3) is 3.31. The van der Waals surface area contributed by atoms with Crippen LogP contribution in [0.3, 0.4) is 0 Å². The topological polar surface area (TPSA) is 20.3 Å². The lowest BCUT2D eigenvalue weighted by Crippen LogP contribution is -2.45. The molecule has 0 N–H and O–H groups in total. The third-order valence-corrected chi connectivity index (χ3v) is 4.82. The molecule has 2 aliphatic carbocycles. The normalized spacial score (nSPS) is 36.5. The van der Waals surface area contributed by atoms with Gasteiger partial charge in [-0.15, -0.1) is 0 Å². The predicted molar refractivity (Wildman–Crippen MR) is 71.0 cm³/mol. The van der Waals surface area contributed by atoms with E-state index in [1.807, 2.05) is 0 Å². The number of carbonyl (C=O) groups excluding carboxylic acids is 1. The van der Waals surface area contributed by atoms with E-state index in [1.165, 1.54) is 19.3 Å². The van der Waals surface area contributed by atoms with Gasteiger partial charge in [0.15, 0.2) is 0 Å². The Hall–Kier alpha value is -0.370. The van der Waals surface area contributed by atoms with Gasteiger partial charge in [0.2, 0.25) is 0 Å². The Morgan fingerprint density at radius 2 is 1.47 bits per heavy atom. The molecule has 2 rings (SSSR count). The number of hydrogen-bond donors (Lipinski definition) is 0. The lowest BCUT2D eigenvalue weighted by atomic mass is 9.79. The smallest absolute Gasteiger partial charge is 0.133 e. The molecule has 0 aliphatic heterocycles. The minimum absolute atomic E-state index is 0.472. The highest BCUT2D eigenvalue weighted by Gasteiger charge is 2.31. The van der Waals surface area contributed by atoms with Crippen LogP contribution in [0.15, 0.2) is 0 Å². The number of carbonyl (C=O) groups is 1. The Morgan fingerprint density at radius 3 is 2.00 bits per heavy atom. The molecule has 0 bridgehead atoms. The summed E-state index contributed by atoms with van der Waals surface area (Å²) in [6, 6.07) is 1.42. The molecule has 0 spiro atoms. The van der Waals surface area contributed by atoms with Crippen LogP contribution in [-0.2, 0) is 4.79 Å². The molecule has 0 aromatic carbocycles. The van der Waals surface area contributed by atoms with Crippen LogP contribution in [0, 0.1) is 11.8 Å². The number of ketones is 1. The molecule has 2 aliphatic rings. The highest BCUT2D eigenvalue weighted by Crippen LogP contribution is 2.33. The van der Waals surface area contributed by atoms with Gasteiger partial charge in [-0.05, 0) is 51.0 Å². The maximum absolute atomic E-state index is 11.3. The van der Waals surface area contributed by atoms with E-state index in [0.29, 0.717) is 11.8 Å². The van der Waals surface area contributed by atoms with Gasteiger partial charge in [0.1, 0.15) is 5.78 Å². The van der Waals surface area contributed by atoms with Gasteiger partial charge in [0.05, 0.1) is 0 Å². The molecule has 2 saturated carbocycles. The van der Waals surface area contributed by atoms with Crippen LogP contribution in [0.5, 0.6) is 0 Å². The van der Waals surface area contributed by atoms with Crippen molar-refractivity contribution in [2.45, 2.75) is 70.9 Å². The number of nitrogens with zero attached hydrogens (tertiary/aromatic N) is 1. The maximum Gasteiger partial charge on any atom is 0.133 e. The van der Waals surface area contributed by atoms with E-state index in [1.54, 1.807) is 0 Å². The molecule has 17 heavy (non-hydrogen) atoms. The molecule has 2 nitrogen and oxygen atoms in total. The van der Waals surface area contributed by atoms with Gasteiger partial charge >= 0.3 is 0 Å². The molecule has 98 valence electrons. The minimum atomic E-state index is 0.472. The fourth-order valence-electron chi connectivity index (χ4n) is 3.87. The molecule has 0 aromatic heterocycles. The van der Waals surface area contributed by atoms with E-state index >= 15 is 0 Å². The van der Waals surface area contributed by atoms with Gasteiger partial charge in [0.25, 0.3) is 0 Å². The average molecular weight is 237 g/mol. The van der Waals surface area contributed by atoms with E-state index < -0.39 is 0 Å². The van der Waals surface area contributed by atoms with Crippen LogP contribution in [0.2, 0.25) is 0 Å². The van der Waals surface area contributed by atoms with Crippen molar-refractivity contribution in [3.63, 3.8) is 0 Å². The largest absolute Gasteiger partial charge is 0.300 e. The van der Waals surface area contributed by atoms with Crippen LogP contribution in [-0.4, -0.2) is 29.8 Å². The minimum Gasteiger partial charge on any atom is -0.300 e. The summed E-state index contributed by atoms with van der Waals surface area (Å²) in [6.45, 7) is 4.78. The Kier molecular flexibility index (Phi) is 4.24. The summed E-state index contributed by atoms with van der Waals surface area (Å²) in [4.78, 5) is 13.9. The highest BCUT2D eigenvalue weighted by molar-refractivity contribution is 5.79. The summed E-state index contributed by atoms with van der Waals surface area (Å²) in [7, 11) is 2.29. The van der Waals surface area contributed by atoms with E-state index in [9.17, 15) is 4.79 Å². The zero-order chi connectivity index (χ0) is 12.4. The second-order valence-corrected chi connectivity index (χ2v) is 6.51. The van der Waals surface area contributed by atoms with Crippen LogP contribution in [0.25, 0.3) is 0 Å². The standard InChI is InChI=1S/C15H27NO/c1-11-8-12(2)10-14(9-11)16(3)13-4-6-15(17)7-5-13/h11-14H,4-10H2,1-3H3. The first-order valence-electron chi connectivity index (χ1n) is 7.30. The van der Waals surface area contributed by atoms with Gasteiger partial charge in [-0.2, -0.15) is 0 Å². The zero-order valence-electron chi connectivity index (χ0n) is 11.6. The quantitative estimate of drug-likeness (QED) is 0.735. The molecule has 0 saturated heterocycles. The molecule has 2 heteroatoms. The summed E-state index contributed by atoms with van der Waals surface area (Å²) in [5.74, 6) is 2.22. The van der Waals surface area contributed by atoms with Crippen molar-refractivity contribution >= 4 is 5.78 Å². The molecule has 0 aromatic rings. The van der Waals surface area contributed by atoms with E-state index in [2.05, 4.69) is 25.8 Å². The molecule has 0 radical (unpaired) electrons. The first-order chi connectivity index (χ1) is 8.06. The average Bonchev–Trinajstić information content (AvgIpc) is 2.28. The van der Waals surface area contributed by atoms with Crippen molar-refractivity contribution in [2.24, 2.45) is 11.8 Å². The van der Waals surface area contributed by atoms with Crippen LogP contribution in [0.1, 0.15) is 58.8 Å². The molecular formula is C15H27NO. The summed E-state index contributed by atoms with van der Waals surface area (Å²) in [5.41, 5.74) is 0. The van der Waals surface area contributed by atoms with Crippen molar-refractivity contribution in [1.29, 1.82) is 0 Å². The van der Waals surface area contributed by atoms with Crippen LogP contribution in [0.4, 0.5) is 0 Å². The maximum atomic E-state index is 11.3. The number of hydrogen-bond acceptors (Lipinski definition) is 2. The molecule has 0 amide bonds. The van der Waals surface area contributed by atoms with Crippen molar-refractivity contribution in [2.75, 3.05) is 7.05 Å². The summed E-state index contributed by atoms with van der Waals surface area (Å²) in [6.07, 6.45) is 7.91. The first-order valence-corrected chi connectivity index (χ1v) is 7.30. The molecule has 2 fully saturated rings. The predicted octanol–water partition coefficient (Wildman–Crippen LogP) is 3.25. The Balaban J connectivity index is 1.90. The summed E-state index contributed by atoms with van der Waals surface area (Å²) in [5, 5.41) is 0. The van der Waals surface area contributed by atoms with Gasteiger partial charge in [-0.3, -0.25) is 4.79 Å². The van der Waals surface area contributed by atoms with Crippen LogP contribution >= 0.6 is 0 Å². The van der Waals surface area contributed by atoms with Crippen molar-refractivity contribution in [3.05, 3.63) is 0 Å². The number of rotatable bonds is 2. The number of Topliss-reactive ketones (excluding diaryl/α,β-unsaturated/α-hetero) is 1. The Labute approximate surface area is 106 Å². The van der Waals surface area contributed by atoms with E-state index in [4.69, 9.17) is 0 Å². The van der Waals surface area contributed by atoms with Crippen LogP contribution < -0.4 is 0 Å². The molecular weight excluding hydrogens is 210 g/mol. The second kappa shape index (κ2) is 5.51. The SMILES string of the molecule is CC1CC(C)CC(N(C)C2CCC(=O)CC2)C1. The summed E-state index contributed by atoms with van der Waals surface area (Å²) < 4.78 is 0. The van der Waals surface area contributed by atoms with Crippen molar-refractivity contribution in [1.82, 2.24) is 4.90 Å².